The fraction of sp³-hybridized carbons (Fsp3) is 0. The smallest absolute Gasteiger partial charge is 0.165 e. The molecule has 3 heterocycles. The number of hydrogen-bond acceptors (Lipinski definition) is 5. The Kier molecular flexibility index (Phi) is 7.00. The van der Waals surface area contributed by atoms with Gasteiger partial charge in [0.1, 0.15) is 11.2 Å². The van der Waals surface area contributed by atoms with Crippen molar-refractivity contribution < 1.29 is 4.42 Å². The van der Waals surface area contributed by atoms with Crippen LogP contribution in [-0.2, 0) is 0 Å². The Hall–Kier alpha value is -6.95. The first-order valence-corrected chi connectivity index (χ1v) is 18.8. The third-order valence-corrected chi connectivity index (χ3v) is 11.6. The summed E-state index contributed by atoms with van der Waals surface area (Å²) in [6.45, 7) is 0. The largest absolute Gasteiger partial charge is 0.455 e. The molecule has 0 saturated heterocycles. The Morgan fingerprint density at radius 1 is 0.352 bits per heavy atom. The first kappa shape index (κ1) is 30.7. The summed E-state index contributed by atoms with van der Waals surface area (Å²) >= 11 is 1.78. The minimum atomic E-state index is 0.638. The van der Waals surface area contributed by atoms with E-state index in [4.69, 9.17) is 19.4 Å². The van der Waals surface area contributed by atoms with Crippen LogP contribution in [0.1, 0.15) is 0 Å². The molecule has 0 aliphatic carbocycles. The lowest BCUT2D eigenvalue weighted by Crippen LogP contribution is -2.00. The Labute approximate surface area is 314 Å². The molecule has 252 valence electrons. The lowest BCUT2D eigenvalue weighted by molar-refractivity contribution is 0.670. The number of furan rings is 1. The molecule has 0 aliphatic heterocycles. The van der Waals surface area contributed by atoms with Crippen LogP contribution in [0, 0.1) is 0 Å². The molecule has 8 aromatic carbocycles. The highest BCUT2D eigenvalue weighted by Crippen LogP contribution is 2.44. The van der Waals surface area contributed by atoms with Gasteiger partial charge in [0.2, 0.25) is 0 Å². The summed E-state index contributed by atoms with van der Waals surface area (Å²) in [5, 5.41) is 6.85. The summed E-state index contributed by atoms with van der Waals surface area (Å²) in [4.78, 5) is 15.5. The summed E-state index contributed by atoms with van der Waals surface area (Å²) < 4.78 is 9.06. The van der Waals surface area contributed by atoms with Gasteiger partial charge in [0.15, 0.2) is 17.5 Å². The van der Waals surface area contributed by atoms with Gasteiger partial charge in [-0.2, -0.15) is 0 Å². The van der Waals surface area contributed by atoms with Crippen molar-refractivity contribution in [3.05, 3.63) is 176 Å². The summed E-state index contributed by atoms with van der Waals surface area (Å²) in [5.74, 6) is 1.94. The van der Waals surface area contributed by atoms with E-state index in [9.17, 15) is 0 Å². The molecule has 5 heteroatoms. The molecule has 0 saturated carbocycles. The average Bonchev–Trinajstić information content (AvgIpc) is 3.83. The van der Waals surface area contributed by atoms with Gasteiger partial charge in [-0.15, -0.1) is 11.3 Å². The van der Waals surface area contributed by atoms with Crippen molar-refractivity contribution in [3.8, 4) is 56.4 Å². The second-order valence-corrected chi connectivity index (χ2v) is 14.5. The van der Waals surface area contributed by atoms with E-state index < -0.39 is 0 Å². The Balaban J connectivity index is 1.13. The lowest BCUT2D eigenvalue weighted by Gasteiger charge is -2.13. The van der Waals surface area contributed by atoms with Gasteiger partial charge in [-0.25, -0.2) is 15.0 Å². The zero-order chi connectivity index (χ0) is 35.6. The average molecular weight is 708 g/mol. The van der Waals surface area contributed by atoms with Crippen molar-refractivity contribution in [2.24, 2.45) is 0 Å². The van der Waals surface area contributed by atoms with Gasteiger partial charge < -0.3 is 4.42 Å². The molecule has 11 aromatic rings. The maximum Gasteiger partial charge on any atom is 0.165 e. The third kappa shape index (κ3) is 4.86. The molecule has 0 fully saturated rings. The van der Waals surface area contributed by atoms with E-state index in [0.717, 1.165) is 71.7 Å². The molecule has 11 rings (SSSR count). The van der Waals surface area contributed by atoms with Gasteiger partial charge in [-0.3, -0.25) is 0 Å². The van der Waals surface area contributed by atoms with E-state index in [1.807, 2.05) is 24.3 Å². The fourth-order valence-electron chi connectivity index (χ4n) is 7.91. The molecule has 0 aliphatic rings. The Morgan fingerprint density at radius 2 is 0.889 bits per heavy atom. The second kappa shape index (κ2) is 12.3. The quantitative estimate of drug-likeness (QED) is 0.179. The first-order valence-electron chi connectivity index (χ1n) is 18.0. The van der Waals surface area contributed by atoms with Crippen molar-refractivity contribution in [2.45, 2.75) is 0 Å². The molecule has 0 atom stereocenters. The molecule has 0 radical (unpaired) electrons. The second-order valence-electron chi connectivity index (χ2n) is 13.5. The molecule has 0 amide bonds. The topological polar surface area (TPSA) is 51.8 Å². The number of para-hydroxylation sites is 1. The van der Waals surface area contributed by atoms with Crippen molar-refractivity contribution in [1.82, 2.24) is 15.0 Å². The molecule has 0 N–H and O–H groups in total. The van der Waals surface area contributed by atoms with Crippen LogP contribution in [0.3, 0.4) is 0 Å². The summed E-state index contributed by atoms with van der Waals surface area (Å²) in [7, 11) is 0. The van der Waals surface area contributed by atoms with Gasteiger partial charge >= 0.3 is 0 Å². The Bertz CT molecular complexity index is 3220. The zero-order valence-corrected chi connectivity index (χ0v) is 29.7. The first-order chi connectivity index (χ1) is 26.8. The fourth-order valence-corrected chi connectivity index (χ4v) is 9.13. The minimum Gasteiger partial charge on any atom is -0.455 e. The van der Waals surface area contributed by atoms with E-state index in [0.29, 0.717) is 17.5 Å². The number of rotatable bonds is 5. The van der Waals surface area contributed by atoms with Crippen LogP contribution >= 0.6 is 11.3 Å². The normalized spacial score (nSPS) is 11.7. The van der Waals surface area contributed by atoms with Crippen LogP contribution in [-0.4, -0.2) is 15.0 Å². The molecule has 4 nitrogen and oxygen atoms in total. The van der Waals surface area contributed by atoms with E-state index in [-0.39, 0.29) is 0 Å². The van der Waals surface area contributed by atoms with Gasteiger partial charge in [0.25, 0.3) is 0 Å². The highest BCUT2D eigenvalue weighted by atomic mass is 32.1. The van der Waals surface area contributed by atoms with Gasteiger partial charge in [-0.05, 0) is 45.7 Å². The van der Waals surface area contributed by atoms with E-state index >= 15 is 0 Å². The summed E-state index contributed by atoms with van der Waals surface area (Å²) in [6, 6.07) is 61.4. The third-order valence-electron chi connectivity index (χ3n) is 10.4. The number of nitrogens with zero attached hydrogens (tertiary/aromatic N) is 3. The number of aromatic nitrogens is 3. The van der Waals surface area contributed by atoms with E-state index in [1.165, 1.54) is 20.2 Å². The zero-order valence-electron chi connectivity index (χ0n) is 28.9. The van der Waals surface area contributed by atoms with Crippen LogP contribution in [0.4, 0.5) is 0 Å². The van der Waals surface area contributed by atoms with Crippen molar-refractivity contribution in [2.75, 3.05) is 0 Å². The molecule has 3 aromatic heterocycles. The van der Waals surface area contributed by atoms with Gasteiger partial charge in [0, 0.05) is 53.2 Å². The molecule has 54 heavy (non-hydrogen) atoms. The number of hydrogen-bond donors (Lipinski definition) is 0. The van der Waals surface area contributed by atoms with E-state index in [2.05, 4.69) is 152 Å². The van der Waals surface area contributed by atoms with Crippen molar-refractivity contribution in [1.29, 1.82) is 0 Å². The number of thiophene rings is 1. The molecule has 0 spiro atoms. The summed E-state index contributed by atoms with van der Waals surface area (Å²) in [6.07, 6.45) is 0. The SMILES string of the molecule is c1ccc(-c2nc(-c3cccc4c(-c5cccc6oc7c(-c8ccccc8)cccc7c56)cccc34)nc(-c3cccc4c3sc3ccccc34)n2)cc1. The lowest BCUT2D eigenvalue weighted by atomic mass is 9.92. The molecular weight excluding hydrogens is 679 g/mol. The predicted octanol–water partition coefficient (Wildman–Crippen LogP) is 13.6. The number of benzene rings is 8. The maximum absolute atomic E-state index is 6.64. The monoisotopic (exact) mass is 707 g/mol. The standard InChI is InChI=1S/C49H29N3OS/c1-3-14-30(15-4-1)32-19-9-26-40-44-37(23-13-28-42(44)53-45(32)40)34-21-10-22-35-33(34)20-11-25-39(35)48-50-47(31-16-5-2-6-17-31)51-49(52-48)41-27-12-24-38-36-18-7-8-29-43(36)54-46(38)41/h1-29H. The van der Waals surface area contributed by atoms with Gasteiger partial charge in [-0.1, -0.05) is 158 Å². The highest BCUT2D eigenvalue weighted by Gasteiger charge is 2.20. The van der Waals surface area contributed by atoms with Crippen LogP contribution in [0.5, 0.6) is 0 Å². The van der Waals surface area contributed by atoms with Crippen LogP contribution in [0.25, 0.3) is 109 Å². The van der Waals surface area contributed by atoms with Crippen LogP contribution in [0.2, 0.25) is 0 Å². The van der Waals surface area contributed by atoms with Crippen molar-refractivity contribution >= 4 is 64.2 Å². The highest BCUT2D eigenvalue weighted by molar-refractivity contribution is 7.26. The maximum atomic E-state index is 6.64. The Morgan fingerprint density at radius 3 is 1.69 bits per heavy atom. The summed E-state index contributed by atoms with van der Waals surface area (Å²) in [5.41, 5.74) is 9.13. The van der Waals surface area contributed by atoms with Gasteiger partial charge in [0.05, 0.1) is 0 Å². The number of fused-ring (bicyclic) bond motifs is 7. The van der Waals surface area contributed by atoms with E-state index in [1.54, 1.807) is 11.3 Å². The molecule has 0 unspecified atom stereocenters. The minimum absolute atomic E-state index is 0.638. The van der Waals surface area contributed by atoms with Crippen LogP contribution < -0.4 is 0 Å². The predicted molar refractivity (Wildman–Crippen MR) is 225 cm³/mol. The molecule has 0 bridgehead atoms. The molecular formula is C49H29N3OS. The van der Waals surface area contributed by atoms with Crippen molar-refractivity contribution in [3.63, 3.8) is 0 Å². The van der Waals surface area contributed by atoms with Crippen LogP contribution in [0.15, 0.2) is 180 Å².